The van der Waals surface area contributed by atoms with Gasteiger partial charge in [0.1, 0.15) is 17.3 Å². The number of hydrogen-bond acceptors (Lipinski definition) is 4. The van der Waals surface area contributed by atoms with Crippen LogP contribution in [-0.2, 0) is 5.41 Å². The highest BCUT2D eigenvalue weighted by Crippen LogP contribution is 2.26. The van der Waals surface area contributed by atoms with Gasteiger partial charge >= 0.3 is 0 Å². The van der Waals surface area contributed by atoms with Gasteiger partial charge in [-0.3, -0.25) is 5.32 Å². The third-order valence-electron chi connectivity index (χ3n) is 3.32. The molecule has 2 aromatic heterocycles. The molecule has 0 radical (unpaired) electrons. The highest BCUT2D eigenvalue weighted by molar-refractivity contribution is 5.11. The van der Waals surface area contributed by atoms with Crippen molar-refractivity contribution in [1.82, 2.24) is 10.3 Å². The molecule has 0 aliphatic rings. The third kappa shape index (κ3) is 3.31. The molecular weight excluding hydrogens is 252 g/mol. The fraction of sp³-hybridized carbons (Fsp3) is 0.562. The van der Waals surface area contributed by atoms with Crippen LogP contribution in [0, 0.1) is 6.92 Å². The Kier molecular flexibility index (Phi) is 4.04. The Hall–Kier alpha value is -1.55. The first kappa shape index (κ1) is 14.9. The van der Waals surface area contributed by atoms with E-state index in [1.54, 1.807) is 0 Å². The van der Waals surface area contributed by atoms with E-state index in [-0.39, 0.29) is 17.5 Å². The number of aromatic nitrogens is 1. The molecule has 0 fully saturated rings. The van der Waals surface area contributed by atoms with Gasteiger partial charge in [-0.2, -0.15) is 0 Å². The third-order valence-corrected chi connectivity index (χ3v) is 3.32. The van der Waals surface area contributed by atoms with Crippen molar-refractivity contribution in [2.75, 3.05) is 0 Å². The first-order valence-corrected chi connectivity index (χ1v) is 7.06. The summed E-state index contributed by atoms with van der Waals surface area (Å²) < 4.78 is 11.5. The maximum atomic E-state index is 5.85. The van der Waals surface area contributed by atoms with Crippen LogP contribution in [0.2, 0.25) is 0 Å². The molecule has 110 valence electrons. The molecule has 2 aromatic rings. The van der Waals surface area contributed by atoms with Crippen LogP contribution < -0.4 is 5.32 Å². The average Bonchev–Trinajstić information content (AvgIpc) is 2.95. The van der Waals surface area contributed by atoms with Gasteiger partial charge in [-0.15, -0.1) is 0 Å². The molecule has 0 saturated carbocycles. The summed E-state index contributed by atoms with van der Waals surface area (Å²) in [5, 5.41) is 3.44. The Balaban J connectivity index is 2.04. The minimum atomic E-state index is -0.0191. The molecule has 0 aliphatic carbocycles. The first-order chi connectivity index (χ1) is 9.27. The number of aryl methyl sites for hydroxylation is 1. The molecule has 0 aromatic carbocycles. The maximum Gasteiger partial charge on any atom is 0.211 e. The largest absolute Gasteiger partial charge is 0.465 e. The van der Waals surface area contributed by atoms with Crippen molar-refractivity contribution in [3.8, 4) is 0 Å². The Morgan fingerprint density at radius 2 is 1.80 bits per heavy atom. The monoisotopic (exact) mass is 276 g/mol. The van der Waals surface area contributed by atoms with Crippen LogP contribution >= 0.6 is 0 Å². The van der Waals surface area contributed by atoms with E-state index in [0.29, 0.717) is 5.89 Å². The lowest BCUT2D eigenvalue weighted by molar-refractivity contribution is 0.326. The van der Waals surface area contributed by atoms with E-state index in [2.05, 4.69) is 38.0 Å². The van der Waals surface area contributed by atoms with Gasteiger partial charge in [0.25, 0.3) is 0 Å². The normalized spacial score (nSPS) is 15.3. The molecule has 0 unspecified atom stereocenters. The Bertz CT molecular complexity index is 563. The summed E-state index contributed by atoms with van der Waals surface area (Å²) in [5.41, 5.74) is -0.0191. The minimum absolute atomic E-state index is 0.0191. The summed E-state index contributed by atoms with van der Waals surface area (Å²) in [6.07, 6.45) is 1.81. The summed E-state index contributed by atoms with van der Waals surface area (Å²) in [6.45, 7) is 12.4. The van der Waals surface area contributed by atoms with Crippen LogP contribution in [0.1, 0.15) is 69.9 Å². The van der Waals surface area contributed by atoms with Gasteiger partial charge in [0.15, 0.2) is 0 Å². The summed E-state index contributed by atoms with van der Waals surface area (Å²) in [7, 11) is 0. The predicted molar refractivity (Wildman–Crippen MR) is 78.6 cm³/mol. The molecular formula is C16H24N2O2. The topological polar surface area (TPSA) is 51.2 Å². The van der Waals surface area contributed by atoms with Gasteiger partial charge in [-0.25, -0.2) is 4.98 Å². The lowest BCUT2D eigenvalue weighted by Gasteiger charge is -2.17. The number of rotatable bonds is 4. The number of furan rings is 1. The highest BCUT2D eigenvalue weighted by Gasteiger charge is 2.22. The standard InChI is InChI=1S/C16H24N2O2/c1-10-7-8-13(19-10)11(2)18-12(3)15-17-9-14(20-15)16(4,5)6/h7-9,11-12,18H,1-6H3/t11-,12+/m0/s1. The maximum absolute atomic E-state index is 5.85. The molecule has 1 N–H and O–H groups in total. The predicted octanol–water partition coefficient (Wildman–Crippen LogP) is 4.29. The number of nitrogens with zero attached hydrogens (tertiary/aromatic N) is 1. The zero-order valence-corrected chi connectivity index (χ0v) is 13.2. The molecule has 0 saturated heterocycles. The van der Waals surface area contributed by atoms with E-state index in [1.165, 1.54) is 0 Å². The van der Waals surface area contributed by atoms with Crippen LogP contribution in [0.4, 0.5) is 0 Å². The van der Waals surface area contributed by atoms with E-state index in [0.717, 1.165) is 17.3 Å². The Morgan fingerprint density at radius 3 is 2.30 bits per heavy atom. The first-order valence-electron chi connectivity index (χ1n) is 7.06. The summed E-state index contributed by atoms with van der Waals surface area (Å²) in [5.74, 6) is 3.47. The zero-order chi connectivity index (χ0) is 14.9. The lowest BCUT2D eigenvalue weighted by atomic mass is 9.94. The molecule has 4 heteroatoms. The summed E-state index contributed by atoms with van der Waals surface area (Å²) in [4.78, 5) is 4.37. The van der Waals surface area contributed by atoms with E-state index < -0.39 is 0 Å². The van der Waals surface area contributed by atoms with Crippen LogP contribution in [0.15, 0.2) is 27.2 Å². The highest BCUT2D eigenvalue weighted by atomic mass is 16.4. The van der Waals surface area contributed by atoms with Gasteiger partial charge < -0.3 is 8.83 Å². The second kappa shape index (κ2) is 5.44. The van der Waals surface area contributed by atoms with Gasteiger partial charge in [0, 0.05) is 5.41 Å². The van der Waals surface area contributed by atoms with Crippen molar-refractivity contribution in [2.24, 2.45) is 0 Å². The van der Waals surface area contributed by atoms with Crippen LogP contribution in [-0.4, -0.2) is 4.98 Å². The number of oxazole rings is 1. The zero-order valence-electron chi connectivity index (χ0n) is 13.2. The van der Waals surface area contributed by atoms with Crippen LogP contribution in [0.3, 0.4) is 0 Å². The van der Waals surface area contributed by atoms with Gasteiger partial charge in [0.2, 0.25) is 5.89 Å². The Labute approximate surface area is 120 Å². The van der Waals surface area contributed by atoms with E-state index >= 15 is 0 Å². The molecule has 0 amide bonds. The SMILES string of the molecule is Cc1ccc([C@H](C)N[C@H](C)c2ncc(C(C)(C)C)o2)o1. The van der Waals surface area contributed by atoms with Crippen molar-refractivity contribution in [2.45, 2.75) is 59.0 Å². The van der Waals surface area contributed by atoms with Crippen molar-refractivity contribution in [3.05, 3.63) is 41.5 Å². The fourth-order valence-corrected chi connectivity index (χ4v) is 2.05. The van der Waals surface area contributed by atoms with Crippen LogP contribution in [0.5, 0.6) is 0 Å². The minimum Gasteiger partial charge on any atom is -0.465 e. The van der Waals surface area contributed by atoms with Crippen molar-refractivity contribution in [3.63, 3.8) is 0 Å². The van der Waals surface area contributed by atoms with Crippen molar-refractivity contribution >= 4 is 0 Å². The van der Waals surface area contributed by atoms with E-state index in [9.17, 15) is 0 Å². The summed E-state index contributed by atoms with van der Waals surface area (Å²) in [6, 6.07) is 4.12. The second-order valence-electron chi connectivity index (χ2n) is 6.37. The van der Waals surface area contributed by atoms with Gasteiger partial charge in [-0.05, 0) is 32.9 Å². The average molecular weight is 276 g/mol. The van der Waals surface area contributed by atoms with E-state index in [1.807, 2.05) is 32.2 Å². The summed E-state index contributed by atoms with van der Waals surface area (Å²) >= 11 is 0. The molecule has 0 aliphatic heterocycles. The smallest absolute Gasteiger partial charge is 0.211 e. The number of hydrogen-bond donors (Lipinski definition) is 1. The van der Waals surface area contributed by atoms with Crippen molar-refractivity contribution < 1.29 is 8.83 Å². The van der Waals surface area contributed by atoms with E-state index in [4.69, 9.17) is 8.83 Å². The quantitative estimate of drug-likeness (QED) is 0.905. The Morgan fingerprint density at radius 1 is 1.10 bits per heavy atom. The van der Waals surface area contributed by atoms with Crippen molar-refractivity contribution in [1.29, 1.82) is 0 Å². The molecule has 0 bridgehead atoms. The molecule has 2 rings (SSSR count). The van der Waals surface area contributed by atoms with Gasteiger partial charge in [0.05, 0.1) is 18.3 Å². The molecule has 20 heavy (non-hydrogen) atoms. The van der Waals surface area contributed by atoms with Crippen LogP contribution in [0.25, 0.3) is 0 Å². The van der Waals surface area contributed by atoms with Gasteiger partial charge in [-0.1, -0.05) is 20.8 Å². The molecule has 0 spiro atoms. The molecule has 2 atom stereocenters. The fourth-order valence-electron chi connectivity index (χ4n) is 2.05. The number of nitrogens with one attached hydrogen (secondary N) is 1. The lowest BCUT2D eigenvalue weighted by Crippen LogP contribution is -2.22. The molecule has 2 heterocycles. The molecule has 4 nitrogen and oxygen atoms in total. The second-order valence-corrected chi connectivity index (χ2v) is 6.37.